The fraction of sp³-hybridized carbons (Fsp3) is 0.462. The van der Waals surface area contributed by atoms with Crippen LogP contribution in [0.1, 0.15) is 66.4 Å². The first-order chi connectivity index (χ1) is 15.2. The quantitative estimate of drug-likeness (QED) is 0.649. The highest BCUT2D eigenvalue weighted by atomic mass is 16.5. The van der Waals surface area contributed by atoms with Crippen molar-refractivity contribution in [2.24, 2.45) is 0 Å². The summed E-state index contributed by atoms with van der Waals surface area (Å²) in [6, 6.07) is 17.8. The van der Waals surface area contributed by atoms with Gasteiger partial charge in [-0.3, -0.25) is 9.59 Å². The molecule has 0 radical (unpaired) electrons. The van der Waals surface area contributed by atoms with Gasteiger partial charge in [-0.2, -0.15) is 0 Å². The van der Waals surface area contributed by atoms with Crippen LogP contribution in [0.4, 0.5) is 0 Å². The molecule has 164 valence electrons. The summed E-state index contributed by atoms with van der Waals surface area (Å²) in [4.78, 5) is 29.2. The Hall–Kier alpha value is -2.66. The molecule has 0 saturated heterocycles. The standard InChI is InChI=1S/C26H32N2O3/c1-2-31-18-10-17-27-24(29)23-21-13-6-7-14-22(21)25(30)28(26(23)15-8-9-16-26)19-20-11-4-3-5-12-20/h3-7,11-14,23H,2,8-10,15-19H2,1H3,(H,27,29). The molecule has 0 aromatic heterocycles. The lowest BCUT2D eigenvalue weighted by atomic mass is 9.71. The first-order valence-electron chi connectivity index (χ1n) is 11.5. The molecule has 31 heavy (non-hydrogen) atoms. The number of amides is 2. The number of rotatable bonds is 8. The SMILES string of the molecule is CCOCCCNC(=O)C1c2ccccc2C(=O)N(Cc2ccccc2)C12CCCC2. The Morgan fingerprint density at radius 3 is 2.55 bits per heavy atom. The highest BCUT2D eigenvalue weighted by Crippen LogP contribution is 2.50. The molecular formula is C26H32N2O3. The van der Waals surface area contributed by atoms with Crippen molar-refractivity contribution in [1.82, 2.24) is 10.2 Å². The molecule has 1 spiro atoms. The van der Waals surface area contributed by atoms with Crippen molar-refractivity contribution >= 4 is 11.8 Å². The second-order valence-electron chi connectivity index (χ2n) is 8.55. The van der Waals surface area contributed by atoms with Crippen LogP contribution in [-0.2, 0) is 16.1 Å². The van der Waals surface area contributed by atoms with Crippen molar-refractivity contribution in [2.75, 3.05) is 19.8 Å². The van der Waals surface area contributed by atoms with Crippen molar-refractivity contribution in [3.05, 3.63) is 71.3 Å². The van der Waals surface area contributed by atoms with Gasteiger partial charge in [-0.15, -0.1) is 0 Å². The summed E-state index contributed by atoms with van der Waals surface area (Å²) in [7, 11) is 0. The third kappa shape index (κ3) is 4.24. The lowest BCUT2D eigenvalue weighted by Gasteiger charge is -2.50. The zero-order chi connectivity index (χ0) is 21.7. The predicted octanol–water partition coefficient (Wildman–Crippen LogP) is 4.28. The Kier molecular flexibility index (Phi) is 6.71. The molecule has 1 aliphatic carbocycles. The molecule has 5 nitrogen and oxygen atoms in total. The lowest BCUT2D eigenvalue weighted by molar-refractivity contribution is -0.126. The lowest BCUT2D eigenvalue weighted by Crippen LogP contribution is -2.60. The highest BCUT2D eigenvalue weighted by molar-refractivity contribution is 6.02. The van der Waals surface area contributed by atoms with E-state index in [9.17, 15) is 9.59 Å². The number of fused-ring (bicyclic) bond motifs is 1. The van der Waals surface area contributed by atoms with E-state index in [1.807, 2.05) is 54.3 Å². The minimum absolute atomic E-state index is 0.0245. The van der Waals surface area contributed by atoms with Crippen molar-refractivity contribution in [3.63, 3.8) is 0 Å². The Bertz CT molecular complexity index is 906. The summed E-state index contributed by atoms with van der Waals surface area (Å²) in [5.74, 6) is -0.280. The topological polar surface area (TPSA) is 58.6 Å². The number of nitrogens with one attached hydrogen (secondary N) is 1. The number of ether oxygens (including phenoxy) is 1. The molecule has 1 fully saturated rings. The molecule has 1 N–H and O–H groups in total. The molecule has 1 unspecified atom stereocenters. The molecular weight excluding hydrogens is 388 g/mol. The summed E-state index contributed by atoms with van der Waals surface area (Å²) < 4.78 is 5.40. The maximum absolute atomic E-state index is 13.7. The van der Waals surface area contributed by atoms with Crippen LogP contribution in [0.25, 0.3) is 0 Å². The molecule has 2 aliphatic rings. The zero-order valence-corrected chi connectivity index (χ0v) is 18.3. The van der Waals surface area contributed by atoms with Gasteiger partial charge in [0.15, 0.2) is 0 Å². The van der Waals surface area contributed by atoms with E-state index < -0.39 is 5.54 Å². The number of carbonyl (C=O) groups excluding carboxylic acids is 2. The summed E-state index contributed by atoms with van der Waals surface area (Å²) in [6.07, 6.45) is 4.57. The second kappa shape index (κ2) is 9.65. The molecule has 0 bridgehead atoms. The van der Waals surface area contributed by atoms with Crippen molar-refractivity contribution in [1.29, 1.82) is 0 Å². The van der Waals surface area contributed by atoms with Crippen LogP contribution in [0, 0.1) is 0 Å². The monoisotopic (exact) mass is 420 g/mol. The molecule has 5 heteroatoms. The Morgan fingerprint density at radius 1 is 1.10 bits per heavy atom. The molecule has 1 saturated carbocycles. The number of nitrogens with zero attached hydrogens (tertiary/aromatic N) is 1. The van der Waals surface area contributed by atoms with Crippen molar-refractivity contribution in [2.45, 2.75) is 57.0 Å². The van der Waals surface area contributed by atoms with Gasteiger partial charge in [0.2, 0.25) is 5.91 Å². The maximum Gasteiger partial charge on any atom is 0.254 e. The van der Waals surface area contributed by atoms with E-state index >= 15 is 0 Å². The molecule has 1 aliphatic heterocycles. The zero-order valence-electron chi connectivity index (χ0n) is 18.3. The van der Waals surface area contributed by atoms with Gasteiger partial charge in [0.05, 0.1) is 11.5 Å². The number of carbonyl (C=O) groups is 2. The minimum atomic E-state index is -0.467. The Morgan fingerprint density at radius 2 is 1.81 bits per heavy atom. The van der Waals surface area contributed by atoms with Gasteiger partial charge in [0.1, 0.15) is 0 Å². The summed E-state index contributed by atoms with van der Waals surface area (Å²) in [6.45, 7) is 4.41. The third-order valence-corrected chi connectivity index (χ3v) is 6.71. The largest absolute Gasteiger partial charge is 0.382 e. The summed E-state index contributed by atoms with van der Waals surface area (Å²) in [5, 5.41) is 3.15. The van der Waals surface area contributed by atoms with Gasteiger partial charge in [-0.25, -0.2) is 0 Å². The first kappa shape index (κ1) is 21.6. The maximum atomic E-state index is 13.7. The van der Waals surface area contributed by atoms with Crippen LogP contribution in [0.2, 0.25) is 0 Å². The van der Waals surface area contributed by atoms with Crippen LogP contribution in [0.15, 0.2) is 54.6 Å². The Balaban J connectivity index is 1.68. The van der Waals surface area contributed by atoms with E-state index in [1.165, 1.54) is 0 Å². The minimum Gasteiger partial charge on any atom is -0.382 e. The fourth-order valence-corrected chi connectivity index (χ4v) is 5.29. The highest BCUT2D eigenvalue weighted by Gasteiger charge is 2.55. The molecule has 1 atom stereocenters. The average molecular weight is 421 g/mol. The van der Waals surface area contributed by atoms with E-state index in [4.69, 9.17) is 4.74 Å². The van der Waals surface area contributed by atoms with Crippen LogP contribution in [-0.4, -0.2) is 42.0 Å². The summed E-state index contributed by atoms with van der Waals surface area (Å²) >= 11 is 0. The Labute approximate surface area is 184 Å². The molecule has 1 heterocycles. The third-order valence-electron chi connectivity index (χ3n) is 6.71. The van der Waals surface area contributed by atoms with E-state index in [2.05, 4.69) is 17.4 Å². The van der Waals surface area contributed by atoms with Gasteiger partial charge in [-0.05, 0) is 43.4 Å². The van der Waals surface area contributed by atoms with E-state index in [-0.39, 0.29) is 17.7 Å². The van der Waals surface area contributed by atoms with E-state index in [0.29, 0.717) is 31.9 Å². The average Bonchev–Trinajstić information content (AvgIpc) is 3.27. The normalized spacial score (nSPS) is 19.5. The molecule has 2 aromatic rings. The van der Waals surface area contributed by atoms with Gasteiger partial charge in [0, 0.05) is 31.9 Å². The summed E-state index contributed by atoms with van der Waals surface area (Å²) in [5.41, 5.74) is 2.16. The van der Waals surface area contributed by atoms with Gasteiger partial charge >= 0.3 is 0 Å². The van der Waals surface area contributed by atoms with Crippen LogP contribution in [0.5, 0.6) is 0 Å². The predicted molar refractivity (Wildman–Crippen MR) is 121 cm³/mol. The second-order valence-corrected chi connectivity index (χ2v) is 8.55. The molecule has 2 aromatic carbocycles. The van der Waals surface area contributed by atoms with Crippen LogP contribution >= 0.6 is 0 Å². The molecule has 2 amide bonds. The van der Waals surface area contributed by atoms with Crippen molar-refractivity contribution < 1.29 is 14.3 Å². The smallest absolute Gasteiger partial charge is 0.254 e. The van der Waals surface area contributed by atoms with Gasteiger partial charge in [0.25, 0.3) is 5.91 Å². The fourth-order valence-electron chi connectivity index (χ4n) is 5.29. The van der Waals surface area contributed by atoms with E-state index in [0.717, 1.165) is 43.2 Å². The van der Waals surface area contributed by atoms with Gasteiger partial charge in [-0.1, -0.05) is 61.4 Å². The number of hydrogen-bond acceptors (Lipinski definition) is 3. The van der Waals surface area contributed by atoms with Gasteiger partial charge < -0.3 is 15.0 Å². The van der Waals surface area contributed by atoms with E-state index in [1.54, 1.807) is 0 Å². The number of benzene rings is 2. The van der Waals surface area contributed by atoms with Crippen molar-refractivity contribution in [3.8, 4) is 0 Å². The number of hydrogen-bond donors (Lipinski definition) is 1. The molecule has 4 rings (SSSR count). The first-order valence-corrected chi connectivity index (χ1v) is 11.5. The van der Waals surface area contributed by atoms with Crippen LogP contribution in [0.3, 0.4) is 0 Å². The van der Waals surface area contributed by atoms with Crippen LogP contribution < -0.4 is 5.32 Å².